The van der Waals surface area contributed by atoms with Crippen molar-refractivity contribution in [1.82, 2.24) is 14.5 Å². The summed E-state index contributed by atoms with van der Waals surface area (Å²) in [6.07, 6.45) is 1.84. The first-order chi connectivity index (χ1) is 8.25. The van der Waals surface area contributed by atoms with Gasteiger partial charge in [-0.05, 0) is 6.07 Å². The number of fused-ring (bicyclic) bond motifs is 1. The Bertz CT molecular complexity index is 725. The zero-order chi connectivity index (χ0) is 11.8. The number of rotatable bonds is 1. The van der Waals surface area contributed by atoms with E-state index in [4.69, 9.17) is 0 Å². The lowest BCUT2D eigenvalue weighted by atomic mass is 10.2. The maximum absolute atomic E-state index is 11.9. The number of aryl methyl sites for hydroxylation is 1. The second-order valence-corrected chi connectivity index (χ2v) is 3.94. The fraction of sp³-hybridized carbons (Fsp3) is 0.0769. The molecule has 0 radical (unpaired) electrons. The number of nitrogens with zero attached hydrogens (tertiary/aromatic N) is 2. The van der Waals surface area contributed by atoms with E-state index in [9.17, 15) is 4.79 Å². The van der Waals surface area contributed by atoms with Crippen LogP contribution in [0.25, 0.3) is 22.4 Å². The van der Waals surface area contributed by atoms with Gasteiger partial charge in [-0.25, -0.2) is 4.98 Å². The normalized spacial score (nSPS) is 10.9. The minimum absolute atomic E-state index is 0.102. The Balaban J connectivity index is 2.32. The number of nitrogens with one attached hydrogen (secondary N) is 1. The van der Waals surface area contributed by atoms with Gasteiger partial charge in [-0.3, -0.25) is 4.79 Å². The van der Waals surface area contributed by atoms with Gasteiger partial charge in [0, 0.05) is 18.8 Å². The van der Waals surface area contributed by atoms with Crippen molar-refractivity contribution in [3.8, 4) is 11.4 Å². The molecule has 0 amide bonds. The SMILES string of the molecule is Cn1ccc2c(=O)[nH]c(-c3ccccc3)nc21. The Labute approximate surface area is 97.6 Å². The van der Waals surface area contributed by atoms with Crippen LogP contribution in [0.2, 0.25) is 0 Å². The Morgan fingerprint density at radius 1 is 1.18 bits per heavy atom. The Morgan fingerprint density at radius 3 is 2.71 bits per heavy atom. The monoisotopic (exact) mass is 225 g/mol. The van der Waals surface area contributed by atoms with Gasteiger partial charge in [-0.1, -0.05) is 30.3 Å². The van der Waals surface area contributed by atoms with E-state index in [1.165, 1.54) is 0 Å². The van der Waals surface area contributed by atoms with Gasteiger partial charge in [0.15, 0.2) is 0 Å². The molecule has 0 unspecified atom stereocenters. The number of hydrogen-bond acceptors (Lipinski definition) is 2. The highest BCUT2D eigenvalue weighted by Crippen LogP contribution is 2.15. The number of aromatic amines is 1. The van der Waals surface area contributed by atoms with E-state index < -0.39 is 0 Å². The van der Waals surface area contributed by atoms with E-state index in [1.807, 2.05) is 48.1 Å². The lowest BCUT2D eigenvalue weighted by Gasteiger charge is -2.01. The molecule has 0 atom stereocenters. The van der Waals surface area contributed by atoms with Crippen molar-refractivity contribution < 1.29 is 0 Å². The third kappa shape index (κ3) is 1.54. The highest BCUT2D eigenvalue weighted by Gasteiger charge is 2.07. The number of aromatic nitrogens is 3. The molecule has 0 spiro atoms. The van der Waals surface area contributed by atoms with Crippen LogP contribution in [0.3, 0.4) is 0 Å². The molecule has 84 valence electrons. The summed E-state index contributed by atoms with van der Waals surface area (Å²) in [5.74, 6) is 0.602. The van der Waals surface area contributed by atoms with Crippen molar-refractivity contribution >= 4 is 11.0 Å². The third-order valence-electron chi connectivity index (χ3n) is 2.78. The molecule has 2 aromatic heterocycles. The summed E-state index contributed by atoms with van der Waals surface area (Å²) >= 11 is 0. The molecule has 0 aliphatic rings. The summed E-state index contributed by atoms with van der Waals surface area (Å²) in [6.45, 7) is 0. The summed E-state index contributed by atoms with van der Waals surface area (Å²) < 4.78 is 1.84. The van der Waals surface area contributed by atoms with Crippen LogP contribution in [-0.4, -0.2) is 14.5 Å². The first-order valence-electron chi connectivity index (χ1n) is 5.36. The minimum Gasteiger partial charge on any atom is -0.335 e. The molecule has 0 aliphatic heterocycles. The fourth-order valence-corrected chi connectivity index (χ4v) is 1.88. The zero-order valence-electron chi connectivity index (χ0n) is 9.34. The van der Waals surface area contributed by atoms with Crippen LogP contribution in [0.5, 0.6) is 0 Å². The average Bonchev–Trinajstić information content (AvgIpc) is 2.73. The summed E-state index contributed by atoms with van der Waals surface area (Å²) in [5, 5.41) is 0.618. The van der Waals surface area contributed by atoms with Crippen molar-refractivity contribution in [3.05, 3.63) is 52.9 Å². The zero-order valence-corrected chi connectivity index (χ0v) is 9.34. The van der Waals surface area contributed by atoms with Gasteiger partial charge in [-0.2, -0.15) is 0 Å². The van der Waals surface area contributed by atoms with Gasteiger partial charge in [0.2, 0.25) is 0 Å². The number of H-pyrrole nitrogens is 1. The summed E-state index contributed by atoms with van der Waals surface area (Å²) in [6, 6.07) is 11.4. The second-order valence-electron chi connectivity index (χ2n) is 3.94. The Hall–Kier alpha value is -2.36. The first-order valence-corrected chi connectivity index (χ1v) is 5.36. The van der Waals surface area contributed by atoms with Crippen LogP contribution in [-0.2, 0) is 7.05 Å². The predicted octanol–water partition coefficient (Wildman–Crippen LogP) is 1.93. The first kappa shape index (κ1) is 9.84. The van der Waals surface area contributed by atoms with Gasteiger partial charge in [0.1, 0.15) is 11.5 Å². The van der Waals surface area contributed by atoms with Crippen LogP contribution in [0.4, 0.5) is 0 Å². The third-order valence-corrected chi connectivity index (χ3v) is 2.78. The predicted molar refractivity (Wildman–Crippen MR) is 66.8 cm³/mol. The molecule has 0 fully saturated rings. The fourth-order valence-electron chi connectivity index (χ4n) is 1.88. The van der Waals surface area contributed by atoms with Crippen LogP contribution >= 0.6 is 0 Å². The summed E-state index contributed by atoms with van der Waals surface area (Å²) in [7, 11) is 1.88. The number of benzene rings is 1. The van der Waals surface area contributed by atoms with Crippen LogP contribution in [0.1, 0.15) is 0 Å². The molecule has 0 saturated carbocycles. The molecule has 4 heteroatoms. The van der Waals surface area contributed by atoms with E-state index in [0.29, 0.717) is 16.9 Å². The van der Waals surface area contributed by atoms with E-state index in [-0.39, 0.29) is 5.56 Å². The van der Waals surface area contributed by atoms with Crippen LogP contribution in [0.15, 0.2) is 47.4 Å². The largest absolute Gasteiger partial charge is 0.335 e. The maximum Gasteiger partial charge on any atom is 0.260 e. The summed E-state index contributed by atoms with van der Waals surface area (Å²) in [5.41, 5.74) is 1.51. The van der Waals surface area contributed by atoms with Gasteiger partial charge >= 0.3 is 0 Å². The quantitative estimate of drug-likeness (QED) is 0.688. The highest BCUT2D eigenvalue weighted by atomic mass is 16.1. The van der Waals surface area contributed by atoms with Crippen molar-refractivity contribution in [3.63, 3.8) is 0 Å². The van der Waals surface area contributed by atoms with Gasteiger partial charge < -0.3 is 9.55 Å². The Kier molecular flexibility index (Phi) is 2.08. The molecule has 0 aliphatic carbocycles. The molecule has 4 nitrogen and oxygen atoms in total. The van der Waals surface area contributed by atoms with Crippen molar-refractivity contribution in [2.24, 2.45) is 7.05 Å². The van der Waals surface area contributed by atoms with Crippen LogP contribution < -0.4 is 5.56 Å². The van der Waals surface area contributed by atoms with Crippen LogP contribution in [0, 0.1) is 0 Å². The molecule has 3 aromatic rings. The van der Waals surface area contributed by atoms with E-state index in [2.05, 4.69) is 9.97 Å². The second kappa shape index (κ2) is 3.59. The van der Waals surface area contributed by atoms with Gasteiger partial charge in [0.05, 0.1) is 5.39 Å². The van der Waals surface area contributed by atoms with Gasteiger partial charge in [0.25, 0.3) is 5.56 Å². The van der Waals surface area contributed by atoms with E-state index in [0.717, 1.165) is 5.56 Å². The van der Waals surface area contributed by atoms with Crippen molar-refractivity contribution in [2.75, 3.05) is 0 Å². The number of hydrogen-bond donors (Lipinski definition) is 1. The molecule has 1 N–H and O–H groups in total. The molecule has 3 rings (SSSR count). The molecule has 0 saturated heterocycles. The lowest BCUT2D eigenvalue weighted by molar-refractivity contribution is 0.943. The molecule has 17 heavy (non-hydrogen) atoms. The lowest BCUT2D eigenvalue weighted by Crippen LogP contribution is -2.09. The molecule has 1 aromatic carbocycles. The Morgan fingerprint density at radius 2 is 1.94 bits per heavy atom. The van der Waals surface area contributed by atoms with Gasteiger partial charge in [-0.15, -0.1) is 0 Å². The highest BCUT2D eigenvalue weighted by molar-refractivity contribution is 5.77. The molecular formula is C13H11N3O. The smallest absolute Gasteiger partial charge is 0.260 e. The standard InChI is InChI=1S/C13H11N3O/c1-16-8-7-10-12(16)14-11(15-13(10)17)9-5-3-2-4-6-9/h2-8H,1H3,(H,14,15,17). The molecule has 0 bridgehead atoms. The minimum atomic E-state index is -0.102. The summed E-state index contributed by atoms with van der Waals surface area (Å²) in [4.78, 5) is 19.2. The molecule has 2 heterocycles. The van der Waals surface area contributed by atoms with E-state index in [1.54, 1.807) is 6.07 Å². The topological polar surface area (TPSA) is 50.7 Å². The van der Waals surface area contributed by atoms with E-state index >= 15 is 0 Å². The molecular weight excluding hydrogens is 214 g/mol. The van der Waals surface area contributed by atoms with Crippen molar-refractivity contribution in [2.45, 2.75) is 0 Å². The van der Waals surface area contributed by atoms with Crippen molar-refractivity contribution in [1.29, 1.82) is 0 Å². The average molecular weight is 225 g/mol. The maximum atomic E-state index is 11.9.